The molecule has 8 nitrogen and oxygen atoms in total. The van der Waals surface area contributed by atoms with E-state index in [9.17, 15) is 4.79 Å². The molecule has 0 aliphatic heterocycles. The third-order valence-corrected chi connectivity index (χ3v) is 4.65. The summed E-state index contributed by atoms with van der Waals surface area (Å²) in [4.78, 5) is 27.6. The molecule has 0 spiro atoms. The van der Waals surface area contributed by atoms with Gasteiger partial charge in [-0.3, -0.25) is 0 Å². The van der Waals surface area contributed by atoms with Crippen LogP contribution in [0, 0.1) is 0 Å². The standard InChI is InChI=1S/C19H21N3O5S/c1-12(15(21-25-3)13-8-6-5-7-9-13)17(27-20)14-10-11-28-18(14)16(22-26-4)19(23)24-2/h5-11H,20H2,1-4H3. The first-order chi connectivity index (χ1) is 13.6. The number of hydrogen-bond acceptors (Lipinski definition) is 9. The minimum Gasteiger partial charge on any atom is -0.464 e. The first kappa shape index (κ1) is 21.1. The van der Waals surface area contributed by atoms with Crippen molar-refractivity contribution in [3.05, 3.63) is 63.4 Å². The molecule has 0 saturated carbocycles. The van der Waals surface area contributed by atoms with Gasteiger partial charge >= 0.3 is 5.97 Å². The Morgan fingerprint density at radius 1 is 1.00 bits per heavy atom. The van der Waals surface area contributed by atoms with Gasteiger partial charge in [0, 0.05) is 16.7 Å². The van der Waals surface area contributed by atoms with Gasteiger partial charge in [-0.05, 0) is 18.4 Å². The van der Waals surface area contributed by atoms with Gasteiger partial charge in [-0.25, -0.2) is 4.79 Å². The Labute approximate surface area is 166 Å². The van der Waals surface area contributed by atoms with Crippen LogP contribution in [0.15, 0.2) is 57.7 Å². The van der Waals surface area contributed by atoms with Crippen LogP contribution in [0.1, 0.15) is 22.9 Å². The minimum absolute atomic E-state index is 0.00212. The van der Waals surface area contributed by atoms with Gasteiger partial charge in [0.25, 0.3) is 0 Å². The molecule has 0 saturated heterocycles. The number of carbonyl (C=O) groups is 1. The maximum absolute atomic E-state index is 12.1. The molecule has 0 atom stereocenters. The summed E-state index contributed by atoms with van der Waals surface area (Å²) in [6.45, 7) is 1.79. The first-order valence-corrected chi connectivity index (χ1v) is 8.99. The highest BCUT2D eigenvalue weighted by molar-refractivity contribution is 7.13. The van der Waals surface area contributed by atoms with Crippen molar-refractivity contribution in [2.24, 2.45) is 16.2 Å². The van der Waals surface area contributed by atoms with Crippen molar-refractivity contribution < 1.29 is 24.0 Å². The van der Waals surface area contributed by atoms with Crippen molar-refractivity contribution in [2.75, 3.05) is 21.3 Å². The molecule has 0 amide bonds. The van der Waals surface area contributed by atoms with E-state index in [0.29, 0.717) is 27.5 Å². The lowest BCUT2D eigenvalue weighted by atomic mass is 9.99. The Morgan fingerprint density at radius 2 is 1.64 bits per heavy atom. The molecule has 148 valence electrons. The van der Waals surface area contributed by atoms with E-state index in [1.165, 1.54) is 32.7 Å². The molecule has 1 aromatic carbocycles. The molecule has 1 heterocycles. The largest absolute Gasteiger partial charge is 0.464 e. The summed E-state index contributed by atoms with van der Waals surface area (Å²) in [5.41, 5.74) is 2.50. The fraction of sp³-hybridized carbons (Fsp3) is 0.211. The number of carbonyl (C=O) groups excluding carboxylic acids is 1. The van der Waals surface area contributed by atoms with Crippen LogP contribution in [-0.4, -0.2) is 38.7 Å². The molecular formula is C19H21N3O5S. The van der Waals surface area contributed by atoms with E-state index in [1.807, 2.05) is 30.3 Å². The summed E-state index contributed by atoms with van der Waals surface area (Å²) in [5, 5.41) is 9.69. The van der Waals surface area contributed by atoms with Crippen LogP contribution >= 0.6 is 11.3 Å². The fourth-order valence-electron chi connectivity index (χ4n) is 2.52. The number of oxime groups is 2. The second kappa shape index (κ2) is 10.2. The first-order valence-electron chi connectivity index (χ1n) is 8.11. The Morgan fingerprint density at radius 3 is 2.21 bits per heavy atom. The SMILES string of the molecule is CON=C(C(C)=C(ON)c1ccsc1C(=NOC)C(=O)OC)c1ccccc1. The summed E-state index contributed by atoms with van der Waals surface area (Å²) < 4.78 is 4.80. The Hall–Kier alpha value is -3.17. The predicted octanol–water partition coefficient (Wildman–Crippen LogP) is 2.94. The van der Waals surface area contributed by atoms with Gasteiger partial charge < -0.3 is 19.2 Å². The molecule has 1 aromatic heterocycles. The Balaban J connectivity index is 2.65. The highest BCUT2D eigenvalue weighted by Gasteiger charge is 2.25. The van der Waals surface area contributed by atoms with Crippen molar-refractivity contribution in [1.82, 2.24) is 0 Å². The number of allylic oxidation sites excluding steroid dienone is 1. The molecule has 0 fully saturated rings. The molecule has 0 unspecified atom stereocenters. The molecule has 2 rings (SSSR count). The molecule has 2 aromatic rings. The van der Waals surface area contributed by atoms with Crippen LogP contribution in [0.3, 0.4) is 0 Å². The fourth-order valence-corrected chi connectivity index (χ4v) is 3.38. The quantitative estimate of drug-likeness (QED) is 0.314. The summed E-state index contributed by atoms with van der Waals surface area (Å²) in [6.07, 6.45) is 0. The predicted molar refractivity (Wildman–Crippen MR) is 108 cm³/mol. The monoisotopic (exact) mass is 403 g/mol. The summed E-state index contributed by atoms with van der Waals surface area (Å²) in [6, 6.07) is 11.2. The van der Waals surface area contributed by atoms with Gasteiger partial charge in [0.15, 0.2) is 5.76 Å². The second-order valence-electron chi connectivity index (χ2n) is 5.34. The van der Waals surface area contributed by atoms with Gasteiger partial charge in [0.2, 0.25) is 5.71 Å². The average Bonchev–Trinajstić information content (AvgIpc) is 3.19. The second-order valence-corrected chi connectivity index (χ2v) is 6.25. The van der Waals surface area contributed by atoms with E-state index in [2.05, 4.69) is 10.3 Å². The van der Waals surface area contributed by atoms with Gasteiger partial charge in [-0.2, -0.15) is 5.90 Å². The maximum atomic E-state index is 12.1. The zero-order chi connectivity index (χ0) is 20.5. The molecule has 9 heteroatoms. The average molecular weight is 403 g/mol. The maximum Gasteiger partial charge on any atom is 0.361 e. The number of nitrogens with two attached hydrogens (primary N) is 1. The number of rotatable bonds is 8. The van der Waals surface area contributed by atoms with E-state index >= 15 is 0 Å². The summed E-state index contributed by atoms with van der Waals surface area (Å²) in [5.74, 6) is 5.26. The van der Waals surface area contributed by atoms with Crippen LogP contribution in [0.25, 0.3) is 5.76 Å². The zero-order valence-corrected chi connectivity index (χ0v) is 16.8. The summed E-state index contributed by atoms with van der Waals surface area (Å²) in [7, 11) is 4.06. The smallest absolute Gasteiger partial charge is 0.361 e. The highest BCUT2D eigenvalue weighted by atomic mass is 32.1. The summed E-state index contributed by atoms with van der Waals surface area (Å²) >= 11 is 1.27. The van der Waals surface area contributed by atoms with Crippen LogP contribution < -0.4 is 5.90 Å². The van der Waals surface area contributed by atoms with Gasteiger partial charge in [-0.15, -0.1) is 11.3 Å². The number of methoxy groups -OCH3 is 1. The molecule has 0 bridgehead atoms. The van der Waals surface area contributed by atoms with E-state index in [-0.39, 0.29) is 5.71 Å². The van der Waals surface area contributed by atoms with E-state index in [0.717, 1.165) is 5.56 Å². The third-order valence-electron chi connectivity index (χ3n) is 3.73. The molecule has 0 aliphatic rings. The van der Waals surface area contributed by atoms with E-state index < -0.39 is 5.97 Å². The third kappa shape index (κ3) is 4.56. The Kier molecular flexibility index (Phi) is 7.73. The number of benzene rings is 1. The van der Waals surface area contributed by atoms with Crippen LogP contribution in [0.5, 0.6) is 0 Å². The minimum atomic E-state index is -0.645. The molecule has 0 aliphatic carbocycles. The van der Waals surface area contributed by atoms with Crippen LogP contribution in [-0.2, 0) is 24.0 Å². The Bertz CT molecular complexity index is 903. The molecule has 2 N–H and O–H groups in total. The number of nitrogens with zero attached hydrogens (tertiary/aromatic N) is 2. The van der Waals surface area contributed by atoms with E-state index in [4.69, 9.17) is 25.1 Å². The van der Waals surface area contributed by atoms with E-state index in [1.54, 1.807) is 18.4 Å². The van der Waals surface area contributed by atoms with Crippen LogP contribution in [0.2, 0.25) is 0 Å². The topological polar surface area (TPSA) is 105 Å². The lowest BCUT2D eigenvalue weighted by molar-refractivity contribution is -0.132. The lowest BCUT2D eigenvalue weighted by Crippen LogP contribution is -2.19. The molecule has 28 heavy (non-hydrogen) atoms. The molecule has 0 radical (unpaired) electrons. The van der Waals surface area contributed by atoms with Crippen LogP contribution in [0.4, 0.5) is 0 Å². The van der Waals surface area contributed by atoms with Crippen molar-refractivity contribution in [3.8, 4) is 0 Å². The zero-order valence-electron chi connectivity index (χ0n) is 16.0. The number of esters is 1. The molecular weight excluding hydrogens is 382 g/mol. The van der Waals surface area contributed by atoms with Crippen molar-refractivity contribution in [1.29, 1.82) is 0 Å². The van der Waals surface area contributed by atoms with Gasteiger partial charge in [0.05, 0.1) is 12.0 Å². The lowest BCUT2D eigenvalue weighted by Gasteiger charge is -2.13. The van der Waals surface area contributed by atoms with Gasteiger partial charge in [0.1, 0.15) is 19.9 Å². The number of hydrogen-bond donors (Lipinski definition) is 1. The van der Waals surface area contributed by atoms with Crippen molar-refractivity contribution in [2.45, 2.75) is 6.92 Å². The number of thiophene rings is 1. The van der Waals surface area contributed by atoms with Gasteiger partial charge in [-0.1, -0.05) is 40.6 Å². The number of ether oxygens (including phenoxy) is 1. The normalized spacial score (nSPS) is 12.9. The van der Waals surface area contributed by atoms with Crippen molar-refractivity contribution in [3.63, 3.8) is 0 Å². The highest BCUT2D eigenvalue weighted by Crippen LogP contribution is 2.30. The van der Waals surface area contributed by atoms with Crippen molar-refractivity contribution >= 4 is 34.5 Å².